The van der Waals surface area contributed by atoms with Gasteiger partial charge >= 0.3 is 0 Å². The van der Waals surface area contributed by atoms with E-state index >= 15 is 0 Å². The van der Waals surface area contributed by atoms with Crippen LogP contribution in [0.3, 0.4) is 0 Å². The standard InChI is InChI=1S/C10H13Br2NO/c1-2-14-6-10(13)7-3-8(11)5-9(12)4-7/h3-5,10H,2,6,13H2,1H3. The lowest BCUT2D eigenvalue weighted by molar-refractivity contribution is 0.133. The summed E-state index contributed by atoms with van der Waals surface area (Å²) in [6.45, 7) is 3.21. The summed E-state index contributed by atoms with van der Waals surface area (Å²) in [4.78, 5) is 0. The summed E-state index contributed by atoms with van der Waals surface area (Å²) >= 11 is 6.85. The number of hydrogen-bond donors (Lipinski definition) is 1. The van der Waals surface area contributed by atoms with Gasteiger partial charge in [0.05, 0.1) is 12.6 Å². The van der Waals surface area contributed by atoms with Crippen LogP contribution in [-0.2, 0) is 4.74 Å². The molecule has 2 nitrogen and oxygen atoms in total. The van der Waals surface area contributed by atoms with Gasteiger partial charge in [0.1, 0.15) is 0 Å². The summed E-state index contributed by atoms with van der Waals surface area (Å²) in [5, 5.41) is 0. The molecule has 0 bridgehead atoms. The Morgan fingerprint density at radius 1 is 1.29 bits per heavy atom. The molecule has 0 aliphatic carbocycles. The van der Waals surface area contributed by atoms with Crippen molar-refractivity contribution in [2.45, 2.75) is 13.0 Å². The van der Waals surface area contributed by atoms with Crippen LogP contribution in [0.2, 0.25) is 0 Å². The predicted octanol–water partition coefficient (Wildman–Crippen LogP) is 3.25. The first-order chi connectivity index (χ1) is 6.63. The Labute approximate surface area is 101 Å². The maximum Gasteiger partial charge on any atom is 0.0659 e. The molecular weight excluding hydrogens is 310 g/mol. The maximum atomic E-state index is 5.95. The summed E-state index contributed by atoms with van der Waals surface area (Å²) in [6.07, 6.45) is 0. The van der Waals surface area contributed by atoms with Crippen molar-refractivity contribution in [3.8, 4) is 0 Å². The SMILES string of the molecule is CCOCC(N)c1cc(Br)cc(Br)c1. The lowest BCUT2D eigenvalue weighted by atomic mass is 10.1. The van der Waals surface area contributed by atoms with Crippen molar-refractivity contribution in [3.05, 3.63) is 32.7 Å². The minimum atomic E-state index is -0.0660. The van der Waals surface area contributed by atoms with Gasteiger partial charge in [0, 0.05) is 15.6 Å². The van der Waals surface area contributed by atoms with Crippen LogP contribution in [0, 0.1) is 0 Å². The van der Waals surface area contributed by atoms with Crippen LogP contribution in [0.5, 0.6) is 0 Å². The van der Waals surface area contributed by atoms with E-state index in [1.165, 1.54) is 0 Å². The van der Waals surface area contributed by atoms with Gasteiger partial charge in [0.25, 0.3) is 0 Å². The fourth-order valence-electron chi connectivity index (χ4n) is 1.13. The summed E-state index contributed by atoms with van der Waals surface area (Å²) in [5.41, 5.74) is 7.02. The van der Waals surface area contributed by atoms with Crippen LogP contribution < -0.4 is 5.73 Å². The van der Waals surface area contributed by atoms with Crippen molar-refractivity contribution in [2.24, 2.45) is 5.73 Å². The van der Waals surface area contributed by atoms with Crippen molar-refractivity contribution in [3.63, 3.8) is 0 Å². The molecule has 4 heteroatoms. The molecule has 1 atom stereocenters. The Morgan fingerprint density at radius 2 is 1.86 bits per heavy atom. The summed E-state index contributed by atoms with van der Waals surface area (Å²) in [6, 6.07) is 5.93. The zero-order valence-electron chi connectivity index (χ0n) is 7.97. The molecule has 0 aliphatic rings. The third-order valence-corrected chi connectivity index (χ3v) is 2.73. The number of ether oxygens (including phenoxy) is 1. The molecule has 0 saturated heterocycles. The molecule has 0 aliphatic heterocycles. The van der Waals surface area contributed by atoms with E-state index in [0.717, 1.165) is 14.5 Å². The molecule has 1 aromatic carbocycles. The van der Waals surface area contributed by atoms with Crippen LogP contribution in [-0.4, -0.2) is 13.2 Å². The van der Waals surface area contributed by atoms with Gasteiger partial charge < -0.3 is 10.5 Å². The lowest BCUT2D eigenvalue weighted by Gasteiger charge is -2.12. The van der Waals surface area contributed by atoms with E-state index in [1.54, 1.807) is 0 Å². The molecule has 0 saturated carbocycles. The molecular formula is C10H13Br2NO. The van der Waals surface area contributed by atoms with Crippen molar-refractivity contribution < 1.29 is 4.74 Å². The van der Waals surface area contributed by atoms with Gasteiger partial charge in [-0.05, 0) is 30.7 Å². The van der Waals surface area contributed by atoms with E-state index in [-0.39, 0.29) is 6.04 Å². The Hall–Kier alpha value is 0.1000. The van der Waals surface area contributed by atoms with Crippen LogP contribution in [0.15, 0.2) is 27.1 Å². The average Bonchev–Trinajstić information content (AvgIpc) is 2.12. The van der Waals surface area contributed by atoms with Gasteiger partial charge in [0.2, 0.25) is 0 Å². The van der Waals surface area contributed by atoms with Gasteiger partial charge in [-0.25, -0.2) is 0 Å². The van der Waals surface area contributed by atoms with Gasteiger partial charge in [-0.2, -0.15) is 0 Å². The molecule has 1 rings (SSSR count). The summed E-state index contributed by atoms with van der Waals surface area (Å²) in [5.74, 6) is 0. The first-order valence-electron chi connectivity index (χ1n) is 4.42. The van der Waals surface area contributed by atoms with Crippen LogP contribution in [0.25, 0.3) is 0 Å². The van der Waals surface area contributed by atoms with E-state index in [1.807, 2.05) is 25.1 Å². The minimum Gasteiger partial charge on any atom is -0.380 e. The second-order valence-corrected chi connectivity index (χ2v) is 4.80. The second kappa shape index (κ2) is 5.85. The number of halogens is 2. The number of hydrogen-bond acceptors (Lipinski definition) is 2. The van der Waals surface area contributed by atoms with Gasteiger partial charge in [-0.1, -0.05) is 31.9 Å². The van der Waals surface area contributed by atoms with E-state index in [9.17, 15) is 0 Å². The average molecular weight is 323 g/mol. The number of nitrogens with two attached hydrogens (primary N) is 1. The summed E-state index contributed by atoms with van der Waals surface area (Å²) in [7, 11) is 0. The largest absolute Gasteiger partial charge is 0.380 e. The van der Waals surface area contributed by atoms with Crippen molar-refractivity contribution in [1.29, 1.82) is 0 Å². The zero-order chi connectivity index (χ0) is 10.6. The smallest absolute Gasteiger partial charge is 0.0659 e. The van der Waals surface area contributed by atoms with Crippen molar-refractivity contribution in [2.75, 3.05) is 13.2 Å². The fourth-order valence-corrected chi connectivity index (χ4v) is 2.46. The first-order valence-corrected chi connectivity index (χ1v) is 6.01. The first kappa shape index (κ1) is 12.2. The topological polar surface area (TPSA) is 35.2 Å². The van der Waals surface area contributed by atoms with E-state index in [0.29, 0.717) is 13.2 Å². The van der Waals surface area contributed by atoms with Crippen LogP contribution >= 0.6 is 31.9 Å². The van der Waals surface area contributed by atoms with Gasteiger partial charge in [0.15, 0.2) is 0 Å². The molecule has 0 fully saturated rings. The predicted molar refractivity (Wildman–Crippen MR) is 65.3 cm³/mol. The van der Waals surface area contributed by atoms with Crippen LogP contribution in [0.4, 0.5) is 0 Å². The number of benzene rings is 1. The van der Waals surface area contributed by atoms with E-state index < -0.39 is 0 Å². The fraction of sp³-hybridized carbons (Fsp3) is 0.400. The molecule has 0 aromatic heterocycles. The Bertz CT molecular complexity index is 284. The number of rotatable bonds is 4. The normalized spacial score (nSPS) is 12.9. The molecule has 0 spiro atoms. The second-order valence-electron chi connectivity index (χ2n) is 2.97. The van der Waals surface area contributed by atoms with Gasteiger partial charge in [-0.15, -0.1) is 0 Å². The molecule has 78 valence electrons. The van der Waals surface area contributed by atoms with Gasteiger partial charge in [-0.3, -0.25) is 0 Å². The van der Waals surface area contributed by atoms with Crippen LogP contribution in [0.1, 0.15) is 18.5 Å². The maximum absolute atomic E-state index is 5.95. The molecule has 14 heavy (non-hydrogen) atoms. The highest BCUT2D eigenvalue weighted by Gasteiger charge is 2.07. The zero-order valence-corrected chi connectivity index (χ0v) is 11.1. The third-order valence-electron chi connectivity index (χ3n) is 1.81. The monoisotopic (exact) mass is 321 g/mol. The Kier molecular flexibility index (Phi) is 5.09. The third kappa shape index (κ3) is 3.69. The molecule has 0 radical (unpaired) electrons. The van der Waals surface area contributed by atoms with E-state index in [4.69, 9.17) is 10.5 Å². The molecule has 2 N–H and O–H groups in total. The Morgan fingerprint density at radius 3 is 2.36 bits per heavy atom. The highest BCUT2D eigenvalue weighted by molar-refractivity contribution is 9.11. The molecule has 0 amide bonds. The van der Waals surface area contributed by atoms with Crippen molar-refractivity contribution in [1.82, 2.24) is 0 Å². The highest BCUT2D eigenvalue weighted by Crippen LogP contribution is 2.23. The van der Waals surface area contributed by atoms with E-state index in [2.05, 4.69) is 31.9 Å². The quantitative estimate of drug-likeness (QED) is 0.923. The molecule has 1 unspecified atom stereocenters. The summed E-state index contributed by atoms with van der Waals surface area (Å²) < 4.78 is 7.32. The highest BCUT2D eigenvalue weighted by atomic mass is 79.9. The molecule has 0 heterocycles. The lowest BCUT2D eigenvalue weighted by Crippen LogP contribution is -2.17. The molecule has 1 aromatic rings. The minimum absolute atomic E-state index is 0.0660. The van der Waals surface area contributed by atoms with Crippen molar-refractivity contribution >= 4 is 31.9 Å². The Balaban J connectivity index is 2.73.